The Morgan fingerprint density at radius 2 is 2.05 bits per heavy atom. The molecule has 0 radical (unpaired) electrons. The van der Waals surface area contributed by atoms with Crippen LogP contribution in [0.3, 0.4) is 0 Å². The predicted octanol–water partition coefficient (Wildman–Crippen LogP) is 3.60. The Labute approximate surface area is 129 Å². The topological polar surface area (TPSA) is 34.1 Å². The molecule has 0 aromatic rings. The van der Waals surface area contributed by atoms with Crippen LogP contribution in [0.4, 0.5) is 0 Å². The lowest BCUT2D eigenvalue weighted by atomic mass is 10.0. The highest BCUT2D eigenvalue weighted by molar-refractivity contribution is 5.93. The van der Waals surface area contributed by atoms with Crippen molar-refractivity contribution in [1.29, 1.82) is 0 Å². The zero-order valence-corrected chi connectivity index (χ0v) is 13.9. The lowest BCUT2D eigenvalue weighted by molar-refractivity contribution is 0.0571. The minimum atomic E-state index is 0.292. The Balaban J connectivity index is 1.65. The average molecular weight is 296 g/mol. The highest BCUT2D eigenvalue weighted by Crippen LogP contribution is 2.22. The Kier molecular flexibility index (Phi) is 7.51. The number of rotatable bonds is 10. The average Bonchev–Trinajstić information content (AvgIpc) is 2.90. The van der Waals surface area contributed by atoms with Crippen LogP contribution in [0, 0.1) is 0 Å². The van der Waals surface area contributed by atoms with E-state index in [4.69, 9.17) is 14.6 Å². The summed E-state index contributed by atoms with van der Waals surface area (Å²) in [4.78, 5) is 0. The first-order valence-corrected chi connectivity index (χ1v) is 8.79. The van der Waals surface area contributed by atoms with Crippen molar-refractivity contribution < 1.29 is 9.47 Å². The Hall–Kier alpha value is -0.610. The number of hydrazone groups is 1. The van der Waals surface area contributed by atoms with Crippen molar-refractivity contribution in [3.8, 4) is 0 Å². The molecule has 0 aromatic heterocycles. The van der Waals surface area contributed by atoms with E-state index in [1.807, 2.05) is 0 Å². The molecule has 0 unspecified atom stereocenters. The molecule has 2 fully saturated rings. The molecule has 0 aliphatic carbocycles. The molecule has 2 heterocycles. The molecule has 0 bridgehead atoms. The number of unbranched alkanes of at least 4 members (excludes halogenated alkanes) is 5. The number of methoxy groups -OCH3 is 1. The van der Waals surface area contributed by atoms with Gasteiger partial charge in [0.15, 0.2) is 0 Å². The van der Waals surface area contributed by atoms with Crippen molar-refractivity contribution in [1.82, 2.24) is 5.01 Å². The van der Waals surface area contributed by atoms with Crippen LogP contribution in [0.2, 0.25) is 0 Å². The standard InChI is InChI=1S/C17H32N2O2/c1-3-4-5-6-7-8-11-17-16(14-21-17)18-19-12-9-10-15(19)13-20-2/h15,17H,3-14H2,1-2H3/b18-16-/t15-,17-/m0/s1. The summed E-state index contributed by atoms with van der Waals surface area (Å²) >= 11 is 0. The lowest BCUT2D eigenvalue weighted by Gasteiger charge is -2.32. The van der Waals surface area contributed by atoms with Gasteiger partial charge in [-0.1, -0.05) is 45.4 Å². The summed E-state index contributed by atoms with van der Waals surface area (Å²) in [5.41, 5.74) is 1.26. The molecule has 0 saturated carbocycles. The van der Waals surface area contributed by atoms with E-state index < -0.39 is 0 Å². The number of hydrogen-bond donors (Lipinski definition) is 0. The summed E-state index contributed by atoms with van der Waals surface area (Å²) in [6, 6.07) is 0.470. The summed E-state index contributed by atoms with van der Waals surface area (Å²) in [7, 11) is 1.78. The molecule has 2 rings (SSSR count). The molecule has 2 aliphatic heterocycles. The van der Waals surface area contributed by atoms with Crippen LogP contribution < -0.4 is 0 Å². The number of hydrogen-bond acceptors (Lipinski definition) is 4. The second kappa shape index (κ2) is 9.42. The van der Waals surface area contributed by atoms with Crippen LogP contribution in [-0.2, 0) is 9.47 Å². The minimum Gasteiger partial charge on any atom is -0.382 e. The van der Waals surface area contributed by atoms with Gasteiger partial charge in [0.1, 0.15) is 6.10 Å². The van der Waals surface area contributed by atoms with Gasteiger partial charge in [-0.2, -0.15) is 5.10 Å². The van der Waals surface area contributed by atoms with Crippen molar-refractivity contribution in [3.63, 3.8) is 0 Å². The third-order valence-corrected chi connectivity index (χ3v) is 4.59. The highest BCUT2D eigenvalue weighted by atomic mass is 16.5. The van der Waals surface area contributed by atoms with Gasteiger partial charge in [0.2, 0.25) is 0 Å². The van der Waals surface area contributed by atoms with Gasteiger partial charge >= 0.3 is 0 Å². The SMILES string of the molecule is CCCCCCCC[C@@H]1OC/C1=N/N1CCC[C@H]1COC. The fourth-order valence-corrected chi connectivity index (χ4v) is 3.21. The van der Waals surface area contributed by atoms with E-state index in [-0.39, 0.29) is 0 Å². The Morgan fingerprint density at radius 3 is 2.76 bits per heavy atom. The molecule has 122 valence electrons. The summed E-state index contributed by atoms with van der Waals surface area (Å²) in [5, 5.41) is 7.07. The first kappa shape index (κ1) is 16.8. The summed E-state index contributed by atoms with van der Waals surface area (Å²) in [6.07, 6.45) is 11.9. The van der Waals surface area contributed by atoms with Crippen molar-refractivity contribution in [2.75, 3.05) is 26.9 Å². The third-order valence-electron chi connectivity index (χ3n) is 4.59. The van der Waals surface area contributed by atoms with Crippen LogP contribution in [-0.4, -0.2) is 49.7 Å². The van der Waals surface area contributed by atoms with Crippen LogP contribution in [0.25, 0.3) is 0 Å². The number of ether oxygens (including phenoxy) is 2. The van der Waals surface area contributed by atoms with Crippen molar-refractivity contribution in [2.45, 2.75) is 76.9 Å². The van der Waals surface area contributed by atoms with E-state index in [2.05, 4.69) is 11.9 Å². The summed E-state index contributed by atoms with van der Waals surface area (Å²) in [6.45, 7) is 4.86. The van der Waals surface area contributed by atoms with Crippen LogP contribution in [0.5, 0.6) is 0 Å². The molecule has 0 amide bonds. The van der Waals surface area contributed by atoms with E-state index in [1.54, 1.807) is 7.11 Å². The largest absolute Gasteiger partial charge is 0.382 e. The molecular formula is C17H32N2O2. The smallest absolute Gasteiger partial charge is 0.100 e. The third kappa shape index (κ3) is 5.26. The van der Waals surface area contributed by atoms with Crippen molar-refractivity contribution in [3.05, 3.63) is 0 Å². The normalized spacial score (nSPS) is 27.3. The minimum absolute atomic E-state index is 0.292. The van der Waals surface area contributed by atoms with Crippen molar-refractivity contribution >= 4 is 5.71 Å². The maximum atomic E-state index is 5.69. The monoisotopic (exact) mass is 296 g/mol. The van der Waals surface area contributed by atoms with Crippen LogP contribution >= 0.6 is 0 Å². The van der Waals surface area contributed by atoms with E-state index >= 15 is 0 Å². The molecule has 2 atom stereocenters. The van der Waals surface area contributed by atoms with Gasteiger partial charge in [0, 0.05) is 13.7 Å². The molecular weight excluding hydrogens is 264 g/mol. The fraction of sp³-hybridized carbons (Fsp3) is 0.941. The van der Waals surface area contributed by atoms with Gasteiger partial charge in [-0.05, 0) is 19.3 Å². The van der Waals surface area contributed by atoms with E-state index in [1.165, 1.54) is 57.1 Å². The van der Waals surface area contributed by atoms with Gasteiger partial charge in [-0.25, -0.2) is 0 Å². The second-order valence-corrected chi connectivity index (χ2v) is 6.36. The fourth-order valence-electron chi connectivity index (χ4n) is 3.21. The van der Waals surface area contributed by atoms with Crippen molar-refractivity contribution in [2.24, 2.45) is 5.10 Å². The molecule has 4 nitrogen and oxygen atoms in total. The first-order chi connectivity index (χ1) is 10.3. The molecule has 21 heavy (non-hydrogen) atoms. The molecule has 0 aromatic carbocycles. The van der Waals surface area contributed by atoms with E-state index in [0.717, 1.165) is 26.2 Å². The van der Waals surface area contributed by atoms with Gasteiger partial charge in [-0.15, -0.1) is 0 Å². The quantitative estimate of drug-likeness (QED) is 0.578. The zero-order valence-electron chi connectivity index (χ0n) is 13.9. The molecule has 0 spiro atoms. The first-order valence-electron chi connectivity index (χ1n) is 8.79. The Morgan fingerprint density at radius 1 is 1.24 bits per heavy atom. The van der Waals surface area contributed by atoms with Gasteiger partial charge in [0.25, 0.3) is 0 Å². The Bertz CT molecular complexity index is 320. The summed E-state index contributed by atoms with van der Waals surface area (Å²) in [5.74, 6) is 0. The highest BCUT2D eigenvalue weighted by Gasteiger charge is 2.30. The molecule has 4 heteroatoms. The predicted molar refractivity (Wildman–Crippen MR) is 86.8 cm³/mol. The van der Waals surface area contributed by atoms with Gasteiger partial charge in [0.05, 0.1) is 25.0 Å². The zero-order chi connectivity index (χ0) is 14.9. The summed E-state index contributed by atoms with van der Waals surface area (Å²) < 4.78 is 11.0. The molecule has 2 saturated heterocycles. The van der Waals surface area contributed by atoms with Gasteiger partial charge in [-0.3, -0.25) is 5.01 Å². The maximum absolute atomic E-state index is 5.69. The maximum Gasteiger partial charge on any atom is 0.100 e. The molecule has 2 aliphatic rings. The van der Waals surface area contributed by atoms with E-state index in [0.29, 0.717) is 12.1 Å². The van der Waals surface area contributed by atoms with Gasteiger partial charge < -0.3 is 9.47 Å². The van der Waals surface area contributed by atoms with Crippen LogP contribution in [0.1, 0.15) is 64.7 Å². The lowest BCUT2D eigenvalue weighted by Crippen LogP contribution is -2.43. The van der Waals surface area contributed by atoms with E-state index in [9.17, 15) is 0 Å². The molecule has 0 N–H and O–H groups in total. The second-order valence-electron chi connectivity index (χ2n) is 6.36. The van der Waals surface area contributed by atoms with Crippen LogP contribution in [0.15, 0.2) is 5.10 Å². The number of nitrogens with zero attached hydrogens (tertiary/aromatic N) is 2.